The molecule has 34 heavy (non-hydrogen) atoms. The number of allylic oxidation sites excluding steroid dienone is 2. The zero-order chi connectivity index (χ0) is 23.4. The Morgan fingerprint density at radius 2 is 1.26 bits per heavy atom. The molecular formula is C23H17Cl4N3O4. The lowest BCUT2D eigenvalue weighted by Crippen LogP contribution is -2.66. The molecule has 7 aliphatic rings. The zero-order valence-corrected chi connectivity index (χ0v) is 20.4. The quantitative estimate of drug-likeness (QED) is 0.411. The van der Waals surface area contributed by atoms with Crippen LogP contribution in [0.15, 0.2) is 62.1 Å². The molecule has 4 aliphatic carbocycles. The highest BCUT2D eigenvalue weighted by Gasteiger charge is 2.92. The number of para-hydroxylation sites is 1. The van der Waals surface area contributed by atoms with Crippen molar-refractivity contribution in [3.8, 4) is 5.69 Å². The Kier molecular flexibility index (Phi) is 3.70. The largest absolute Gasteiger partial charge is 0.352 e. The van der Waals surface area contributed by atoms with Gasteiger partial charge in [0.15, 0.2) is 0 Å². The van der Waals surface area contributed by atoms with E-state index in [1.54, 1.807) is 33.6 Å². The highest BCUT2D eigenvalue weighted by molar-refractivity contribution is 6.52. The summed E-state index contributed by atoms with van der Waals surface area (Å²) >= 11 is 28.2. The van der Waals surface area contributed by atoms with Gasteiger partial charge in [-0.25, -0.2) is 23.5 Å². The number of hydrogen-bond donors (Lipinski definition) is 0. The van der Waals surface area contributed by atoms with Crippen molar-refractivity contribution in [2.24, 2.45) is 23.7 Å². The fraction of sp³-hybridized carbons (Fsp3) is 0.478. The number of alkyl halides is 2. The highest BCUT2D eigenvalue weighted by Crippen LogP contribution is 2.84. The number of nitrogens with zero attached hydrogens (tertiary/aromatic N) is 3. The molecule has 7 nitrogen and oxygen atoms in total. The number of rotatable bonds is 1. The second-order valence-corrected chi connectivity index (χ2v) is 11.8. The minimum Gasteiger partial charge on any atom is -0.344 e. The van der Waals surface area contributed by atoms with Crippen molar-refractivity contribution in [2.45, 2.75) is 27.6 Å². The van der Waals surface area contributed by atoms with Crippen molar-refractivity contribution in [2.75, 3.05) is 13.2 Å². The molecule has 3 aliphatic heterocycles. The van der Waals surface area contributed by atoms with Crippen molar-refractivity contribution < 1.29 is 9.47 Å². The van der Waals surface area contributed by atoms with E-state index in [0.29, 0.717) is 18.9 Å². The lowest BCUT2D eigenvalue weighted by atomic mass is 9.46. The van der Waals surface area contributed by atoms with Gasteiger partial charge in [-0.1, -0.05) is 53.6 Å². The van der Waals surface area contributed by atoms with Gasteiger partial charge in [0.05, 0.1) is 41.0 Å². The van der Waals surface area contributed by atoms with Crippen LogP contribution in [0.25, 0.3) is 5.69 Å². The predicted molar refractivity (Wildman–Crippen MR) is 126 cm³/mol. The minimum absolute atomic E-state index is 0.0787. The Bertz CT molecular complexity index is 1390. The molecule has 1 saturated heterocycles. The van der Waals surface area contributed by atoms with Crippen molar-refractivity contribution in [3.05, 3.63) is 73.5 Å². The summed E-state index contributed by atoms with van der Waals surface area (Å²) < 4.78 is 16.6. The molecule has 0 N–H and O–H groups in total. The molecule has 1 spiro atoms. The van der Waals surface area contributed by atoms with Crippen LogP contribution in [0.1, 0.15) is 12.1 Å². The first-order valence-corrected chi connectivity index (χ1v) is 12.7. The second kappa shape index (κ2) is 6.07. The van der Waals surface area contributed by atoms with Crippen molar-refractivity contribution in [1.82, 2.24) is 13.9 Å². The lowest BCUT2D eigenvalue weighted by Gasteiger charge is -2.63. The number of ether oxygens (including phenoxy) is 2. The summed E-state index contributed by atoms with van der Waals surface area (Å²) in [5.41, 5.74) is -0.235. The maximum absolute atomic E-state index is 13.6. The van der Waals surface area contributed by atoms with Gasteiger partial charge in [-0.15, -0.1) is 23.2 Å². The van der Waals surface area contributed by atoms with Crippen molar-refractivity contribution >= 4 is 46.4 Å². The van der Waals surface area contributed by atoms with E-state index in [4.69, 9.17) is 55.9 Å². The van der Waals surface area contributed by atoms with Crippen LogP contribution in [0.4, 0.5) is 0 Å². The number of hydrogen-bond acceptors (Lipinski definition) is 4. The number of halogens is 4. The maximum Gasteiger partial charge on any atom is 0.352 e. The smallest absolute Gasteiger partial charge is 0.344 e. The molecule has 4 heterocycles. The summed E-state index contributed by atoms with van der Waals surface area (Å²) in [6.07, 6.45) is 3.99. The first-order valence-electron chi connectivity index (χ1n) is 11.2. The summed E-state index contributed by atoms with van der Waals surface area (Å²) in [6, 6.07) is 8.18. The average Bonchev–Trinajstić information content (AvgIpc) is 3.49. The topological polar surface area (TPSA) is 67.4 Å². The maximum atomic E-state index is 13.6. The molecule has 4 bridgehead atoms. The van der Waals surface area contributed by atoms with Gasteiger partial charge in [-0.3, -0.25) is 0 Å². The lowest BCUT2D eigenvalue weighted by molar-refractivity contribution is -0.172. The van der Waals surface area contributed by atoms with E-state index in [2.05, 4.69) is 0 Å². The van der Waals surface area contributed by atoms with E-state index in [1.165, 1.54) is 4.57 Å². The van der Waals surface area contributed by atoms with Gasteiger partial charge in [0.2, 0.25) is 5.79 Å². The van der Waals surface area contributed by atoms with E-state index in [-0.39, 0.29) is 57.2 Å². The molecule has 3 fully saturated rings. The first-order chi connectivity index (χ1) is 16.3. The number of fused-ring (bicyclic) bond motifs is 3. The Hall–Kier alpha value is -1.48. The SMILES string of the molecule is O=c1n(-c2ccccc2)c(=O)n2n1[C@H]1C=C[C@H]2[C@@H]2[C@@H]1[C@@H]1[C@H]2[C@@]2(Cl)C(Cl)=C(Cl)[C@@]1(Cl)C21OCCO1. The molecule has 9 rings (SSSR count). The monoisotopic (exact) mass is 539 g/mol. The second-order valence-electron chi connectivity index (χ2n) is 9.86. The van der Waals surface area contributed by atoms with Crippen LogP contribution in [0.3, 0.4) is 0 Å². The molecule has 0 amide bonds. The van der Waals surface area contributed by atoms with Crippen molar-refractivity contribution in [3.63, 3.8) is 0 Å². The third-order valence-corrected chi connectivity index (χ3v) is 11.6. The standard InChI is InChI=1S/C23H17Cl4N3O4/c24-17-18(25)22(27)16-14-12-7-6-11(13(14)15(16)21(17,26)23(22)33-8-9-34-23)29-19(31)28(20(32)30(12)29)10-4-2-1-3-5-10/h1-7,11-16H,8-9H2/t11-,12-,13+,14+,15-,16+,21+,22+/m0/s1. The molecule has 0 unspecified atom stereocenters. The van der Waals surface area contributed by atoms with Gasteiger partial charge in [0, 0.05) is 0 Å². The Morgan fingerprint density at radius 3 is 1.74 bits per heavy atom. The van der Waals surface area contributed by atoms with E-state index >= 15 is 0 Å². The van der Waals surface area contributed by atoms with E-state index < -0.39 is 15.5 Å². The summed E-state index contributed by atoms with van der Waals surface area (Å²) in [4.78, 5) is 24.6. The average molecular weight is 541 g/mol. The summed E-state index contributed by atoms with van der Waals surface area (Å²) in [6.45, 7) is 0.664. The summed E-state index contributed by atoms with van der Waals surface area (Å²) in [7, 11) is 0. The Balaban J connectivity index is 1.35. The first kappa shape index (κ1) is 20.7. The van der Waals surface area contributed by atoms with Gasteiger partial charge >= 0.3 is 11.4 Å². The Morgan fingerprint density at radius 1 is 0.794 bits per heavy atom. The molecule has 176 valence electrons. The molecule has 11 heteroatoms. The zero-order valence-electron chi connectivity index (χ0n) is 17.4. The minimum atomic E-state index is -1.38. The molecule has 1 aromatic carbocycles. The van der Waals surface area contributed by atoms with Crippen LogP contribution in [-0.2, 0) is 9.47 Å². The van der Waals surface area contributed by atoms with Gasteiger partial charge in [-0.2, -0.15) is 0 Å². The molecule has 0 radical (unpaired) electrons. The van der Waals surface area contributed by atoms with Gasteiger partial charge in [-0.05, 0) is 35.8 Å². The van der Waals surface area contributed by atoms with E-state index in [1.807, 2.05) is 18.2 Å². The molecule has 2 aromatic rings. The summed E-state index contributed by atoms with van der Waals surface area (Å²) in [5, 5.41) is 0.508. The number of benzene rings is 1. The van der Waals surface area contributed by atoms with Crippen LogP contribution in [0.2, 0.25) is 0 Å². The Labute approximate surface area is 213 Å². The van der Waals surface area contributed by atoms with E-state index in [9.17, 15) is 9.59 Å². The van der Waals surface area contributed by atoms with Gasteiger partial charge in [0.1, 0.15) is 9.75 Å². The normalized spacial score (nSPS) is 43.9. The van der Waals surface area contributed by atoms with E-state index in [0.717, 1.165) is 0 Å². The fourth-order valence-corrected chi connectivity index (χ4v) is 10.2. The van der Waals surface area contributed by atoms with Crippen LogP contribution in [-0.4, -0.2) is 42.7 Å². The third-order valence-electron chi connectivity index (χ3n) is 8.94. The molecule has 8 atom stereocenters. The third kappa shape index (κ3) is 1.77. The van der Waals surface area contributed by atoms with Crippen LogP contribution >= 0.6 is 46.4 Å². The summed E-state index contributed by atoms with van der Waals surface area (Å²) in [5.74, 6) is -2.01. The fourth-order valence-electron chi connectivity index (χ4n) is 7.94. The van der Waals surface area contributed by atoms with Crippen molar-refractivity contribution in [1.29, 1.82) is 0 Å². The molecule has 2 saturated carbocycles. The molecule has 1 aromatic heterocycles. The molecular weight excluding hydrogens is 524 g/mol. The number of aromatic nitrogens is 3. The van der Waals surface area contributed by atoms with Gasteiger partial charge < -0.3 is 9.47 Å². The van der Waals surface area contributed by atoms with Gasteiger partial charge in [0.25, 0.3) is 0 Å². The van der Waals surface area contributed by atoms with Crippen LogP contribution < -0.4 is 11.4 Å². The van der Waals surface area contributed by atoms with Crippen LogP contribution in [0.5, 0.6) is 0 Å². The highest BCUT2D eigenvalue weighted by atomic mass is 35.5. The van der Waals surface area contributed by atoms with Crippen LogP contribution in [0, 0.1) is 23.7 Å². The predicted octanol–water partition coefficient (Wildman–Crippen LogP) is 3.36.